The van der Waals surface area contributed by atoms with Crippen LogP contribution in [0.15, 0.2) is 57.9 Å². The van der Waals surface area contributed by atoms with Gasteiger partial charge in [-0.25, -0.2) is 8.42 Å². The predicted molar refractivity (Wildman–Crippen MR) is 117 cm³/mol. The van der Waals surface area contributed by atoms with Crippen LogP contribution in [0.4, 0.5) is 0 Å². The smallest absolute Gasteiger partial charge is 0.243 e. The first-order chi connectivity index (χ1) is 14.0. The third kappa shape index (κ3) is 4.37. The van der Waals surface area contributed by atoms with Crippen LogP contribution in [-0.4, -0.2) is 43.1 Å². The number of halogens is 1. The Balaban J connectivity index is 1.52. The summed E-state index contributed by atoms with van der Waals surface area (Å²) in [6.45, 7) is 0.953. The van der Waals surface area contributed by atoms with E-state index in [1.807, 2.05) is 24.3 Å². The maximum atomic E-state index is 13.0. The number of sulfonamides is 1. The molecule has 29 heavy (non-hydrogen) atoms. The topological polar surface area (TPSA) is 72.4 Å². The van der Waals surface area contributed by atoms with E-state index < -0.39 is 10.0 Å². The Kier molecular flexibility index (Phi) is 6.00. The van der Waals surface area contributed by atoms with Crippen molar-refractivity contribution in [3.8, 4) is 16.3 Å². The number of hydrogen-bond acceptors (Lipinski definition) is 6. The van der Waals surface area contributed by atoms with Crippen LogP contribution in [0.1, 0.15) is 23.8 Å². The Hall–Kier alpha value is -1.81. The number of methoxy groups -OCH3 is 1. The Morgan fingerprint density at radius 2 is 1.83 bits per heavy atom. The summed E-state index contributed by atoms with van der Waals surface area (Å²) in [5.41, 5.74) is 0.977. The first-order valence-electron chi connectivity index (χ1n) is 9.21. The minimum Gasteiger partial charge on any atom is -0.497 e. The molecule has 9 heteroatoms. The number of nitrogens with zero attached hydrogens (tertiary/aromatic N) is 3. The van der Waals surface area contributed by atoms with Gasteiger partial charge in [0.25, 0.3) is 0 Å². The standard InChI is InChI=1S/C20H20BrN3O3S2/c1-27-17-8-4-14(5-9-17)19-22-23-20(28-19)15-3-2-12-24(13-15)29(25,26)18-10-6-16(21)7-11-18/h4-11,15H,2-3,12-13H2,1H3. The van der Waals surface area contributed by atoms with Crippen LogP contribution in [0.3, 0.4) is 0 Å². The Morgan fingerprint density at radius 1 is 1.10 bits per heavy atom. The number of rotatable bonds is 5. The summed E-state index contributed by atoms with van der Waals surface area (Å²) in [5.74, 6) is 0.845. The van der Waals surface area contributed by atoms with Crippen LogP contribution in [0, 0.1) is 0 Å². The monoisotopic (exact) mass is 493 g/mol. The van der Waals surface area contributed by atoms with E-state index in [1.165, 1.54) is 11.3 Å². The van der Waals surface area contributed by atoms with Crippen molar-refractivity contribution in [1.82, 2.24) is 14.5 Å². The zero-order chi connectivity index (χ0) is 20.4. The van der Waals surface area contributed by atoms with E-state index in [1.54, 1.807) is 35.7 Å². The molecule has 1 aromatic heterocycles. The van der Waals surface area contributed by atoms with Gasteiger partial charge < -0.3 is 4.74 Å². The molecule has 1 aliphatic rings. The van der Waals surface area contributed by atoms with Gasteiger partial charge in [0, 0.05) is 29.0 Å². The first-order valence-corrected chi connectivity index (χ1v) is 12.3. The number of benzene rings is 2. The SMILES string of the molecule is COc1ccc(-c2nnc(C3CCCN(S(=O)(=O)c4ccc(Br)cc4)C3)s2)cc1. The fourth-order valence-electron chi connectivity index (χ4n) is 3.37. The van der Waals surface area contributed by atoms with Crippen molar-refractivity contribution in [3.05, 3.63) is 58.0 Å². The van der Waals surface area contributed by atoms with Crippen molar-refractivity contribution in [2.24, 2.45) is 0 Å². The number of hydrogen-bond donors (Lipinski definition) is 0. The van der Waals surface area contributed by atoms with E-state index in [-0.39, 0.29) is 5.92 Å². The predicted octanol–water partition coefficient (Wildman–Crippen LogP) is 4.54. The summed E-state index contributed by atoms with van der Waals surface area (Å²) >= 11 is 4.87. The number of aromatic nitrogens is 2. The van der Waals surface area contributed by atoms with Gasteiger partial charge in [0.15, 0.2) is 0 Å². The summed E-state index contributed by atoms with van der Waals surface area (Å²) in [6.07, 6.45) is 1.71. The summed E-state index contributed by atoms with van der Waals surface area (Å²) < 4.78 is 33.7. The summed E-state index contributed by atoms with van der Waals surface area (Å²) in [6, 6.07) is 14.5. The largest absolute Gasteiger partial charge is 0.497 e. The van der Waals surface area contributed by atoms with Gasteiger partial charge in [-0.1, -0.05) is 27.3 Å². The minimum atomic E-state index is -3.52. The fraction of sp³-hybridized carbons (Fsp3) is 0.300. The average molecular weight is 494 g/mol. The van der Waals surface area contributed by atoms with Crippen LogP contribution in [0.2, 0.25) is 0 Å². The van der Waals surface area contributed by atoms with Crippen LogP contribution >= 0.6 is 27.3 Å². The highest BCUT2D eigenvalue weighted by Crippen LogP contribution is 2.34. The molecule has 152 valence electrons. The van der Waals surface area contributed by atoms with Crippen molar-refractivity contribution in [3.63, 3.8) is 0 Å². The van der Waals surface area contributed by atoms with Gasteiger partial charge in [0.1, 0.15) is 15.8 Å². The molecule has 1 unspecified atom stereocenters. The second-order valence-corrected chi connectivity index (χ2v) is 10.7. The van der Waals surface area contributed by atoms with Gasteiger partial charge in [-0.2, -0.15) is 4.31 Å². The molecule has 1 atom stereocenters. The average Bonchev–Trinajstić information content (AvgIpc) is 3.24. The number of piperidine rings is 1. The molecular weight excluding hydrogens is 474 g/mol. The second-order valence-electron chi connectivity index (χ2n) is 6.83. The zero-order valence-electron chi connectivity index (χ0n) is 15.8. The minimum absolute atomic E-state index is 0.0541. The van der Waals surface area contributed by atoms with E-state index in [9.17, 15) is 8.42 Å². The van der Waals surface area contributed by atoms with Crippen molar-refractivity contribution in [2.45, 2.75) is 23.7 Å². The third-order valence-electron chi connectivity index (χ3n) is 4.96. The Morgan fingerprint density at radius 3 is 2.52 bits per heavy atom. The molecule has 0 N–H and O–H groups in total. The second kappa shape index (κ2) is 8.51. The lowest BCUT2D eigenvalue weighted by Gasteiger charge is -2.30. The molecule has 0 saturated carbocycles. The van der Waals surface area contributed by atoms with Gasteiger partial charge >= 0.3 is 0 Å². The van der Waals surface area contributed by atoms with Gasteiger partial charge in [-0.3, -0.25) is 0 Å². The lowest BCUT2D eigenvalue weighted by molar-refractivity contribution is 0.314. The van der Waals surface area contributed by atoms with Crippen LogP contribution < -0.4 is 4.74 Å². The lowest BCUT2D eigenvalue weighted by Crippen LogP contribution is -2.39. The van der Waals surface area contributed by atoms with E-state index in [2.05, 4.69) is 26.1 Å². The van der Waals surface area contributed by atoms with E-state index in [0.29, 0.717) is 18.0 Å². The lowest BCUT2D eigenvalue weighted by atomic mass is 10.0. The normalized spacial score (nSPS) is 17.9. The van der Waals surface area contributed by atoms with E-state index >= 15 is 0 Å². The Bertz CT molecular complexity index is 1080. The first kappa shape index (κ1) is 20.5. The van der Waals surface area contributed by atoms with Crippen molar-refractivity contribution in [1.29, 1.82) is 0 Å². The maximum absolute atomic E-state index is 13.0. The highest BCUT2D eigenvalue weighted by Gasteiger charge is 2.32. The third-order valence-corrected chi connectivity index (χ3v) is 8.51. The quantitative estimate of drug-likeness (QED) is 0.521. The van der Waals surface area contributed by atoms with Crippen molar-refractivity contribution in [2.75, 3.05) is 20.2 Å². The van der Waals surface area contributed by atoms with Gasteiger partial charge in [-0.05, 0) is 61.4 Å². The van der Waals surface area contributed by atoms with Crippen molar-refractivity contribution < 1.29 is 13.2 Å². The molecule has 0 amide bonds. The number of ether oxygens (including phenoxy) is 1. The van der Waals surface area contributed by atoms with Crippen LogP contribution in [-0.2, 0) is 10.0 Å². The van der Waals surface area contributed by atoms with Crippen LogP contribution in [0.25, 0.3) is 10.6 Å². The molecule has 1 fully saturated rings. The Labute approximate surface area is 182 Å². The zero-order valence-corrected chi connectivity index (χ0v) is 19.0. The highest BCUT2D eigenvalue weighted by molar-refractivity contribution is 9.10. The van der Waals surface area contributed by atoms with Crippen LogP contribution in [0.5, 0.6) is 5.75 Å². The highest BCUT2D eigenvalue weighted by atomic mass is 79.9. The molecule has 4 rings (SSSR count). The summed E-state index contributed by atoms with van der Waals surface area (Å²) in [5, 5.41) is 10.4. The maximum Gasteiger partial charge on any atom is 0.243 e. The molecule has 2 aromatic carbocycles. The molecule has 0 bridgehead atoms. The van der Waals surface area contributed by atoms with Gasteiger partial charge in [0.2, 0.25) is 10.0 Å². The summed E-state index contributed by atoms with van der Waals surface area (Å²) in [7, 11) is -1.88. The fourth-order valence-corrected chi connectivity index (χ4v) is 6.13. The van der Waals surface area contributed by atoms with E-state index in [0.717, 1.165) is 38.6 Å². The molecule has 2 heterocycles. The van der Waals surface area contributed by atoms with Gasteiger partial charge in [-0.15, -0.1) is 10.2 Å². The van der Waals surface area contributed by atoms with E-state index in [4.69, 9.17) is 4.74 Å². The van der Waals surface area contributed by atoms with Crippen molar-refractivity contribution >= 4 is 37.3 Å². The summed E-state index contributed by atoms with van der Waals surface area (Å²) in [4.78, 5) is 0.317. The molecule has 0 spiro atoms. The molecule has 3 aromatic rings. The molecule has 6 nitrogen and oxygen atoms in total. The molecule has 0 aliphatic carbocycles. The molecule has 1 saturated heterocycles. The molecular formula is C20H20BrN3O3S2. The molecule has 0 radical (unpaired) electrons. The van der Waals surface area contributed by atoms with Gasteiger partial charge in [0.05, 0.1) is 12.0 Å². The molecule has 1 aliphatic heterocycles.